The predicted molar refractivity (Wildman–Crippen MR) is 101 cm³/mol. The van der Waals surface area contributed by atoms with Crippen molar-refractivity contribution in [2.24, 2.45) is 0 Å². The summed E-state index contributed by atoms with van der Waals surface area (Å²) in [5.41, 5.74) is 2.77. The van der Waals surface area contributed by atoms with Crippen molar-refractivity contribution in [2.45, 2.75) is 33.2 Å². The number of rotatable bonds is 7. The first-order valence-electron chi connectivity index (χ1n) is 9.07. The molecular formula is C21H22N2O5. The summed E-state index contributed by atoms with van der Waals surface area (Å²) in [6.45, 7) is 3.98. The molecule has 2 heterocycles. The first-order chi connectivity index (χ1) is 13.3. The summed E-state index contributed by atoms with van der Waals surface area (Å²) in [5, 5.41) is 0. The fourth-order valence-electron chi connectivity index (χ4n) is 3.52. The predicted octanol–water partition coefficient (Wildman–Crippen LogP) is 2.54. The number of hydrogen-bond acceptors (Lipinski definition) is 5. The van der Waals surface area contributed by atoms with Crippen molar-refractivity contribution in [3.05, 3.63) is 58.4 Å². The lowest BCUT2D eigenvalue weighted by Gasteiger charge is -2.13. The van der Waals surface area contributed by atoms with Crippen LogP contribution in [-0.4, -0.2) is 46.7 Å². The Kier molecular flexibility index (Phi) is 5.44. The van der Waals surface area contributed by atoms with Gasteiger partial charge in [0, 0.05) is 29.9 Å². The molecule has 2 aromatic rings. The lowest BCUT2D eigenvalue weighted by Crippen LogP contribution is -2.35. The van der Waals surface area contributed by atoms with E-state index in [0.717, 1.165) is 16.3 Å². The molecule has 0 bridgehead atoms. The zero-order valence-electron chi connectivity index (χ0n) is 16.2. The van der Waals surface area contributed by atoms with Gasteiger partial charge in [0.25, 0.3) is 11.8 Å². The van der Waals surface area contributed by atoms with Crippen molar-refractivity contribution in [2.75, 3.05) is 13.7 Å². The number of benzene rings is 1. The van der Waals surface area contributed by atoms with Gasteiger partial charge in [0.2, 0.25) is 0 Å². The van der Waals surface area contributed by atoms with E-state index in [4.69, 9.17) is 0 Å². The highest BCUT2D eigenvalue weighted by Crippen LogP contribution is 2.24. The number of nitrogens with zero attached hydrogens (tertiary/aromatic N) is 2. The van der Waals surface area contributed by atoms with Gasteiger partial charge in [-0.15, -0.1) is 0 Å². The van der Waals surface area contributed by atoms with Gasteiger partial charge in [0.15, 0.2) is 5.78 Å². The Bertz CT molecular complexity index is 938. The number of amides is 2. The van der Waals surface area contributed by atoms with Gasteiger partial charge >= 0.3 is 5.97 Å². The van der Waals surface area contributed by atoms with Gasteiger partial charge in [-0.1, -0.05) is 12.1 Å². The highest BCUT2D eigenvalue weighted by Gasteiger charge is 2.36. The van der Waals surface area contributed by atoms with E-state index in [1.54, 1.807) is 30.3 Å². The van der Waals surface area contributed by atoms with Crippen molar-refractivity contribution >= 4 is 23.6 Å². The lowest BCUT2D eigenvalue weighted by molar-refractivity contribution is -0.140. The standard InChI is InChI=1S/C21H22N2O5/c1-13-11-17(14(2)22(13)10-6-9-19(25)28-3)18(24)12-23-20(26)15-7-4-5-8-16(15)21(23)27/h4-5,7-8,11H,6,9-10,12H2,1-3H3. The number of carbonyl (C=O) groups is 4. The number of carbonyl (C=O) groups excluding carboxylic acids is 4. The number of imide groups is 1. The largest absolute Gasteiger partial charge is 0.469 e. The number of methoxy groups -OCH3 is 1. The molecule has 0 N–H and O–H groups in total. The van der Waals surface area contributed by atoms with Gasteiger partial charge in [-0.25, -0.2) is 0 Å². The molecule has 7 nitrogen and oxygen atoms in total. The van der Waals surface area contributed by atoms with Crippen LogP contribution in [0.2, 0.25) is 0 Å². The Labute approximate surface area is 162 Å². The van der Waals surface area contributed by atoms with Crippen molar-refractivity contribution in [3.8, 4) is 0 Å². The third-order valence-electron chi connectivity index (χ3n) is 5.04. The molecule has 1 aromatic heterocycles. The van der Waals surface area contributed by atoms with Crippen molar-refractivity contribution in [1.29, 1.82) is 0 Å². The summed E-state index contributed by atoms with van der Waals surface area (Å²) < 4.78 is 6.60. The first-order valence-corrected chi connectivity index (χ1v) is 9.07. The summed E-state index contributed by atoms with van der Waals surface area (Å²) in [5.74, 6) is -1.45. The van der Waals surface area contributed by atoms with E-state index in [1.165, 1.54) is 7.11 Å². The van der Waals surface area contributed by atoms with E-state index in [-0.39, 0.29) is 18.3 Å². The topological polar surface area (TPSA) is 85.7 Å². The van der Waals surface area contributed by atoms with Crippen LogP contribution in [-0.2, 0) is 16.1 Å². The molecule has 0 radical (unpaired) electrons. The van der Waals surface area contributed by atoms with Crippen molar-refractivity contribution in [1.82, 2.24) is 9.47 Å². The molecule has 0 saturated carbocycles. The van der Waals surface area contributed by atoms with Crippen LogP contribution >= 0.6 is 0 Å². The van der Waals surface area contributed by atoms with E-state index < -0.39 is 11.8 Å². The molecule has 7 heteroatoms. The van der Waals surface area contributed by atoms with E-state index in [2.05, 4.69) is 4.74 Å². The highest BCUT2D eigenvalue weighted by molar-refractivity contribution is 6.23. The van der Waals surface area contributed by atoms with Crippen LogP contribution in [0.1, 0.15) is 55.3 Å². The molecule has 0 saturated heterocycles. The average Bonchev–Trinajstić information content (AvgIpc) is 3.11. The fraction of sp³-hybridized carbons (Fsp3) is 0.333. The minimum absolute atomic E-state index is 0.274. The van der Waals surface area contributed by atoms with Crippen LogP contribution in [0.15, 0.2) is 30.3 Å². The minimum atomic E-state index is -0.444. The lowest BCUT2D eigenvalue weighted by atomic mass is 10.1. The Morgan fingerprint density at radius 2 is 1.64 bits per heavy atom. The fourth-order valence-corrected chi connectivity index (χ4v) is 3.52. The molecule has 0 aliphatic carbocycles. The summed E-state index contributed by atoms with van der Waals surface area (Å²) in [7, 11) is 1.35. The molecule has 2 amide bonds. The summed E-state index contributed by atoms with van der Waals surface area (Å²) >= 11 is 0. The Hall–Kier alpha value is -3.22. The van der Waals surface area contributed by atoms with Gasteiger partial charge < -0.3 is 9.30 Å². The first kappa shape index (κ1) is 19.5. The van der Waals surface area contributed by atoms with Gasteiger partial charge in [-0.05, 0) is 38.5 Å². The zero-order chi connectivity index (χ0) is 20.4. The number of ether oxygens (including phenoxy) is 1. The second kappa shape index (κ2) is 7.80. The molecule has 28 heavy (non-hydrogen) atoms. The smallest absolute Gasteiger partial charge is 0.305 e. The second-order valence-corrected chi connectivity index (χ2v) is 6.78. The number of aromatic nitrogens is 1. The number of ketones is 1. The second-order valence-electron chi connectivity index (χ2n) is 6.78. The summed E-state index contributed by atoms with van der Waals surface area (Å²) in [4.78, 5) is 50.0. The van der Waals surface area contributed by atoms with Crippen LogP contribution < -0.4 is 0 Å². The average molecular weight is 382 g/mol. The zero-order valence-corrected chi connectivity index (χ0v) is 16.2. The Morgan fingerprint density at radius 1 is 1.04 bits per heavy atom. The minimum Gasteiger partial charge on any atom is -0.469 e. The Morgan fingerprint density at radius 3 is 2.21 bits per heavy atom. The third-order valence-corrected chi connectivity index (χ3v) is 5.04. The van der Waals surface area contributed by atoms with E-state index >= 15 is 0 Å². The highest BCUT2D eigenvalue weighted by atomic mass is 16.5. The van der Waals surface area contributed by atoms with Crippen LogP contribution in [0.3, 0.4) is 0 Å². The maximum absolute atomic E-state index is 12.8. The monoisotopic (exact) mass is 382 g/mol. The van der Waals surface area contributed by atoms with Crippen LogP contribution in [0.4, 0.5) is 0 Å². The number of aryl methyl sites for hydroxylation is 1. The van der Waals surface area contributed by atoms with Crippen LogP contribution in [0.5, 0.6) is 0 Å². The molecule has 1 aromatic carbocycles. The van der Waals surface area contributed by atoms with E-state index in [9.17, 15) is 19.2 Å². The molecule has 1 aliphatic heterocycles. The number of hydrogen-bond donors (Lipinski definition) is 0. The Balaban J connectivity index is 1.74. The number of esters is 1. The van der Waals surface area contributed by atoms with Crippen molar-refractivity contribution < 1.29 is 23.9 Å². The van der Waals surface area contributed by atoms with Gasteiger partial charge in [-0.2, -0.15) is 0 Å². The normalized spacial score (nSPS) is 13.0. The summed E-state index contributed by atoms with van der Waals surface area (Å²) in [6.07, 6.45) is 0.890. The quantitative estimate of drug-likeness (QED) is 0.417. The molecule has 146 valence electrons. The number of Topliss-reactive ketones (excluding diaryl/α,β-unsaturated/α-hetero) is 1. The van der Waals surface area contributed by atoms with Gasteiger partial charge in [-0.3, -0.25) is 24.1 Å². The molecular weight excluding hydrogens is 360 g/mol. The molecule has 3 rings (SSSR count). The summed E-state index contributed by atoms with van der Waals surface area (Å²) in [6, 6.07) is 8.32. The van der Waals surface area contributed by atoms with Crippen LogP contribution in [0, 0.1) is 13.8 Å². The molecule has 0 unspecified atom stereocenters. The SMILES string of the molecule is COC(=O)CCCn1c(C)cc(C(=O)CN2C(=O)c3ccccc3C2=O)c1C. The van der Waals surface area contributed by atoms with E-state index in [1.807, 2.05) is 18.4 Å². The molecule has 1 aliphatic rings. The van der Waals surface area contributed by atoms with Gasteiger partial charge in [0.05, 0.1) is 24.8 Å². The third kappa shape index (κ3) is 3.47. The van der Waals surface area contributed by atoms with Crippen molar-refractivity contribution in [3.63, 3.8) is 0 Å². The number of fused-ring (bicyclic) bond motifs is 1. The maximum Gasteiger partial charge on any atom is 0.305 e. The van der Waals surface area contributed by atoms with E-state index in [0.29, 0.717) is 36.1 Å². The van der Waals surface area contributed by atoms with Gasteiger partial charge in [0.1, 0.15) is 0 Å². The maximum atomic E-state index is 12.8. The van der Waals surface area contributed by atoms with Crippen LogP contribution in [0.25, 0.3) is 0 Å². The molecule has 0 spiro atoms. The molecule has 0 fully saturated rings. The molecule has 0 atom stereocenters.